The van der Waals surface area contributed by atoms with Crippen LogP contribution in [0.3, 0.4) is 0 Å². The van der Waals surface area contributed by atoms with E-state index in [1.54, 1.807) is 6.20 Å². The first-order chi connectivity index (χ1) is 11.5. The van der Waals surface area contributed by atoms with Gasteiger partial charge in [-0.3, -0.25) is 9.78 Å². The molecule has 1 heterocycles. The summed E-state index contributed by atoms with van der Waals surface area (Å²) in [4.78, 5) is 29.3. The first-order valence-electron chi connectivity index (χ1n) is 7.85. The fourth-order valence-corrected chi connectivity index (χ4v) is 3.25. The van der Waals surface area contributed by atoms with E-state index < -0.39 is 12.0 Å². The largest absolute Gasteiger partial charge is 0.467 e. The second-order valence-electron chi connectivity index (χ2n) is 5.89. The number of nitrogens with zero attached hydrogens (tertiary/aromatic N) is 1. The van der Waals surface area contributed by atoms with Gasteiger partial charge in [-0.1, -0.05) is 32.0 Å². The molecular formula is C18H22N2O3S. The number of carbonyl (C=O) groups excluding carboxylic acids is 2. The Labute approximate surface area is 146 Å². The van der Waals surface area contributed by atoms with Crippen LogP contribution in [0.15, 0.2) is 41.4 Å². The van der Waals surface area contributed by atoms with E-state index in [-0.39, 0.29) is 17.6 Å². The third-order valence-corrected chi connectivity index (χ3v) is 4.53. The first-order valence-corrected chi connectivity index (χ1v) is 8.83. The SMILES string of the molecule is COC(=O)[C@@H](CC(C)C)NC(=O)CSc1cccc2cccnc12. The zero-order chi connectivity index (χ0) is 17.5. The molecule has 1 N–H and O–H groups in total. The summed E-state index contributed by atoms with van der Waals surface area (Å²) in [5.41, 5.74) is 0.879. The Hall–Kier alpha value is -2.08. The summed E-state index contributed by atoms with van der Waals surface area (Å²) >= 11 is 1.41. The molecule has 2 rings (SSSR count). The van der Waals surface area contributed by atoms with Gasteiger partial charge in [-0.2, -0.15) is 0 Å². The summed E-state index contributed by atoms with van der Waals surface area (Å²) in [6, 6.07) is 9.15. The van der Waals surface area contributed by atoms with Crippen LogP contribution in [0.2, 0.25) is 0 Å². The molecule has 0 aliphatic carbocycles. The van der Waals surface area contributed by atoms with Crippen molar-refractivity contribution in [2.24, 2.45) is 5.92 Å². The van der Waals surface area contributed by atoms with Crippen LogP contribution in [0.25, 0.3) is 10.9 Å². The lowest BCUT2D eigenvalue weighted by atomic mass is 10.0. The highest BCUT2D eigenvalue weighted by Crippen LogP contribution is 2.25. The van der Waals surface area contributed by atoms with Crippen LogP contribution < -0.4 is 5.32 Å². The third kappa shape index (κ3) is 4.96. The molecule has 6 heteroatoms. The fourth-order valence-electron chi connectivity index (χ4n) is 2.40. The number of ether oxygens (including phenoxy) is 1. The molecule has 0 spiro atoms. The van der Waals surface area contributed by atoms with Crippen LogP contribution in [0.5, 0.6) is 0 Å². The molecule has 1 amide bonds. The van der Waals surface area contributed by atoms with Gasteiger partial charge in [-0.25, -0.2) is 4.79 Å². The summed E-state index contributed by atoms with van der Waals surface area (Å²) in [6.45, 7) is 4.00. The third-order valence-electron chi connectivity index (χ3n) is 3.48. The Morgan fingerprint density at radius 2 is 2.00 bits per heavy atom. The molecule has 0 bridgehead atoms. The van der Waals surface area contributed by atoms with Crippen LogP contribution in [0.4, 0.5) is 0 Å². The summed E-state index contributed by atoms with van der Waals surface area (Å²) in [7, 11) is 1.33. The molecule has 0 fully saturated rings. The summed E-state index contributed by atoms with van der Waals surface area (Å²) < 4.78 is 4.76. The van der Waals surface area contributed by atoms with Crippen molar-refractivity contribution in [2.75, 3.05) is 12.9 Å². The molecule has 1 aromatic carbocycles. The van der Waals surface area contributed by atoms with Crippen molar-refractivity contribution in [1.29, 1.82) is 0 Å². The number of fused-ring (bicyclic) bond motifs is 1. The van der Waals surface area contributed by atoms with Gasteiger partial charge in [0, 0.05) is 16.5 Å². The topological polar surface area (TPSA) is 68.3 Å². The van der Waals surface area contributed by atoms with E-state index in [1.165, 1.54) is 18.9 Å². The second kappa shape index (κ2) is 8.68. The van der Waals surface area contributed by atoms with Gasteiger partial charge in [-0.15, -0.1) is 11.8 Å². The predicted octanol–water partition coefficient (Wildman–Crippen LogP) is 3.03. The smallest absolute Gasteiger partial charge is 0.328 e. The number of nitrogens with one attached hydrogen (secondary N) is 1. The highest BCUT2D eigenvalue weighted by molar-refractivity contribution is 8.00. The van der Waals surface area contributed by atoms with Crippen LogP contribution in [-0.2, 0) is 14.3 Å². The Kier molecular flexibility index (Phi) is 6.61. The van der Waals surface area contributed by atoms with E-state index >= 15 is 0 Å². The molecule has 0 radical (unpaired) electrons. The maximum Gasteiger partial charge on any atom is 0.328 e. The Balaban J connectivity index is 2.00. The van der Waals surface area contributed by atoms with Crippen molar-refractivity contribution in [3.63, 3.8) is 0 Å². The molecule has 0 saturated heterocycles. The molecule has 128 valence electrons. The zero-order valence-electron chi connectivity index (χ0n) is 14.1. The van der Waals surface area contributed by atoms with Crippen molar-refractivity contribution in [2.45, 2.75) is 31.2 Å². The maximum atomic E-state index is 12.2. The number of pyridine rings is 1. The number of carbonyl (C=O) groups is 2. The van der Waals surface area contributed by atoms with Crippen LogP contribution in [-0.4, -0.2) is 35.8 Å². The van der Waals surface area contributed by atoms with Gasteiger partial charge in [0.15, 0.2) is 0 Å². The average Bonchev–Trinajstić information content (AvgIpc) is 2.58. The van der Waals surface area contributed by atoms with Crippen LogP contribution in [0, 0.1) is 5.92 Å². The number of hydrogen-bond acceptors (Lipinski definition) is 5. The van der Waals surface area contributed by atoms with E-state index in [4.69, 9.17) is 4.74 Å². The standard InChI is InChI=1S/C18H22N2O3S/c1-12(2)10-14(18(22)23-3)20-16(21)11-24-15-8-4-6-13-7-5-9-19-17(13)15/h4-9,12,14H,10-11H2,1-3H3,(H,20,21)/t14-/m1/s1. The summed E-state index contributed by atoms with van der Waals surface area (Å²) in [5.74, 6) is -0.0939. The van der Waals surface area contributed by atoms with E-state index in [9.17, 15) is 9.59 Å². The van der Waals surface area contributed by atoms with Gasteiger partial charge >= 0.3 is 5.97 Å². The number of thioether (sulfide) groups is 1. The molecule has 0 saturated carbocycles. The van der Waals surface area contributed by atoms with Crippen LogP contribution >= 0.6 is 11.8 Å². The number of benzene rings is 1. The average molecular weight is 346 g/mol. The van der Waals surface area contributed by atoms with E-state index in [2.05, 4.69) is 10.3 Å². The quantitative estimate of drug-likeness (QED) is 0.616. The maximum absolute atomic E-state index is 12.2. The molecule has 0 aliphatic rings. The van der Waals surface area contributed by atoms with E-state index in [0.717, 1.165) is 15.8 Å². The van der Waals surface area contributed by atoms with Crippen LogP contribution in [0.1, 0.15) is 20.3 Å². The zero-order valence-corrected chi connectivity index (χ0v) is 14.9. The highest BCUT2D eigenvalue weighted by Gasteiger charge is 2.22. The molecule has 5 nitrogen and oxygen atoms in total. The lowest BCUT2D eigenvalue weighted by Gasteiger charge is -2.18. The number of aromatic nitrogens is 1. The molecular weight excluding hydrogens is 324 g/mol. The van der Waals surface area contributed by atoms with Gasteiger partial charge in [0.1, 0.15) is 6.04 Å². The Morgan fingerprint density at radius 3 is 2.71 bits per heavy atom. The first kappa shape index (κ1) is 18.3. The van der Waals surface area contributed by atoms with E-state index in [1.807, 2.05) is 44.2 Å². The van der Waals surface area contributed by atoms with Gasteiger partial charge in [0.2, 0.25) is 5.91 Å². The minimum Gasteiger partial charge on any atom is -0.467 e. The minimum atomic E-state index is -0.603. The summed E-state index contributed by atoms with van der Waals surface area (Å²) in [5, 5.41) is 3.80. The van der Waals surface area contributed by atoms with E-state index in [0.29, 0.717) is 6.42 Å². The van der Waals surface area contributed by atoms with Crippen molar-refractivity contribution < 1.29 is 14.3 Å². The number of esters is 1. The number of para-hydroxylation sites is 1. The number of methoxy groups -OCH3 is 1. The second-order valence-corrected chi connectivity index (χ2v) is 6.91. The molecule has 0 aliphatic heterocycles. The van der Waals surface area contributed by atoms with Crippen molar-refractivity contribution in [3.05, 3.63) is 36.5 Å². The minimum absolute atomic E-state index is 0.191. The fraction of sp³-hybridized carbons (Fsp3) is 0.389. The number of hydrogen-bond donors (Lipinski definition) is 1. The lowest BCUT2D eigenvalue weighted by Crippen LogP contribution is -2.43. The van der Waals surface area contributed by atoms with Gasteiger partial charge in [0.05, 0.1) is 18.4 Å². The molecule has 1 atom stereocenters. The van der Waals surface area contributed by atoms with Crippen molar-refractivity contribution >= 4 is 34.5 Å². The lowest BCUT2D eigenvalue weighted by molar-refractivity contribution is -0.145. The highest BCUT2D eigenvalue weighted by atomic mass is 32.2. The Morgan fingerprint density at radius 1 is 1.25 bits per heavy atom. The normalized spacial score (nSPS) is 12.2. The van der Waals surface area contributed by atoms with Gasteiger partial charge in [-0.05, 0) is 24.5 Å². The van der Waals surface area contributed by atoms with Gasteiger partial charge < -0.3 is 10.1 Å². The molecule has 2 aromatic rings. The van der Waals surface area contributed by atoms with Crippen molar-refractivity contribution in [1.82, 2.24) is 10.3 Å². The number of amides is 1. The van der Waals surface area contributed by atoms with Crippen molar-refractivity contribution in [3.8, 4) is 0 Å². The Bertz CT molecular complexity index is 713. The molecule has 1 aromatic heterocycles. The number of rotatable bonds is 7. The molecule has 0 unspecified atom stereocenters. The predicted molar refractivity (Wildman–Crippen MR) is 95.9 cm³/mol. The summed E-state index contributed by atoms with van der Waals surface area (Å²) in [6.07, 6.45) is 2.29. The van der Waals surface area contributed by atoms with Gasteiger partial charge in [0.25, 0.3) is 0 Å². The molecule has 24 heavy (non-hydrogen) atoms. The monoisotopic (exact) mass is 346 g/mol.